The van der Waals surface area contributed by atoms with Gasteiger partial charge in [-0.05, 0) is 12.5 Å². The van der Waals surface area contributed by atoms with E-state index in [1.165, 1.54) is 0 Å². The van der Waals surface area contributed by atoms with Crippen LogP contribution in [0, 0.1) is 30.6 Å². The maximum Gasteiger partial charge on any atom is 0.148 e. The fraction of sp³-hybridized carbons (Fsp3) is 0.182. The first kappa shape index (κ1) is 10.3. The summed E-state index contributed by atoms with van der Waals surface area (Å²) in [5, 5.41) is 0. The zero-order chi connectivity index (χ0) is 9.40. The van der Waals surface area contributed by atoms with Crippen LogP contribution in [0.25, 0.3) is 0 Å². The van der Waals surface area contributed by atoms with E-state index in [1.807, 2.05) is 6.92 Å². The molecule has 0 radical (unpaired) electrons. The van der Waals surface area contributed by atoms with E-state index in [-0.39, 0.29) is 0 Å². The van der Waals surface area contributed by atoms with Gasteiger partial charge in [0.05, 0.1) is 0 Å². The Hall–Kier alpha value is -1.73. The fourth-order valence-corrected chi connectivity index (χ4v) is 0.371. The third-order valence-electron chi connectivity index (χ3n) is 1.03. The molecule has 0 heterocycles. The van der Waals surface area contributed by atoms with E-state index in [0.717, 1.165) is 5.57 Å². The Morgan fingerprint density at radius 3 is 2.58 bits per heavy atom. The average molecular weight is 159 g/mol. The number of rotatable bonds is 3. The van der Waals surface area contributed by atoms with Gasteiger partial charge in [0.25, 0.3) is 0 Å². The molecule has 0 saturated heterocycles. The average Bonchev–Trinajstić information content (AvgIpc) is 2.03. The number of hydrogen-bond acceptors (Lipinski definition) is 1. The van der Waals surface area contributed by atoms with Crippen molar-refractivity contribution in [3.63, 3.8) is 0 Å². The van der Waals surface area contributed by atoms with E-state index in [4.69, 9.17) is 4.74 Å². The molecular weight excluding hydrogens is 148 g/mol. The summed E-state index contributed by atoms with van der Waals surface area (Å²) in [7, 11) is 0. The van der Waals surface area contributed by atoms with Crippen LogP contribution in [-0.2, 0) is 4.74 Å². The van der Waals surface area contributed by atoms with Crippen LogP contribution < -0.4 is 0 Å². The Balaban J connectivity index is 3.71. The van der Waals surface area contributed by atoms with Gasteiger partial charge in [0.15, 0.2) is 0 Å². The maximum atomic E-state index is 5.09. The molecule has 0 rings (SSSR count). The van der Waals surface area contributed by atoms with Gasteiger partial charge in [-0.15, -0.1) is 5.92 Å². The molecule has 0 amide bonds. The minimum absolute atomic E-state index is 0.292. The summed E-state index contributed by atoms with van der Waals surface area (Å²) in [6, 6.07) is 0. The Morgan fingerprint density at radius 2 is 2.08 bits per heavy atom. The molecule has 0 atom stereocenters. The third-order valence-corrected chi connectivity index (χ3v) is 1.03. The Labute approximate surface area is 74.1 Å². The molecule has 0 aromatic rings. The fourth-order valence-electron chi connectivity index (χ4n) is 0.371. The van der Waals surface area contributed by atoms with Crippen molar-refractivity contribution >= 4 is 0 Å². The molecule has 1 heteroatoms. The van der Waals surface area contributed by atoms with Crippen molar-refractivity contribution < 1.29 is 4.74 Å². The van der Waals surface area contributed by atoms with Gasteiger partial charge in [-0.1, -0.05) is 19.1 Å². The first-order chi connectivity index (χ1) is 5.68. The topological polar surface area (TPSA) is 9.23 Å². The molecule has 0 bridgehead atoms. The van der Waals surface area contributed by atoms with Crippen molar-refractivity contribution in [2.75, 3.05) is 6.61 Å². The smallest absolute Gasteiger partial charge is 0.148 e. The Kier molecular flexibility index (Phi) is 5.14. The number of allylic oxidation sites excluding steroid dienone is 1. The molecule has 0 aliphatic rings. The molecule has 62 valence electrons. The molecular formula is C11H11O-. The molecule has 0 fully saturated rings. The molecule has 0 aromatic carbocycles. The molecule has 12 heavy (non-hydrogen) atoms. The van der Waals surface area contributed by atoms with Crippen LogP contribution in [0.4, 0.5) is 0 Å². The van der Waals surface area contributed by atoms with Crippen LogP contribution in [0.5, 0.6) is 0 Å². The molecule has 0 unspecified atom stereocenters. The minimum Gasteiger partial charge on any atom is -0.481 e. The summed E-state index contributed by atoms with van der Waals surface area (Å²) >= 11 is 0. The van der Waals surface area contributed by atoms with E-state index < -0.39 is 0 Å². The second-order valence-corrected chi connectivity index (χ2v) is 2.10. The van der Waals surface area contributed by atoms with Crippen LogP contribution in [0.1, 0.15) is 6.92 Å². The van der Waals surface area contributed by atoms with Gasteiger partial charge in [-0.3, -0.25) is 5.92 Å². The zero-order valence-corrected chi connectivity index (χ0v) is 7.24. The van der Waals surface area contributed by atoms with E-state index in [1.54, 1.807) is 0 Å². The quantitative estimate of drug-likeness (QED) is 0.264. The lowest BCUT2D eigenvalue weighted by atomic mass is 10.3. The predicted octanol–water partition coefficient (Wildman–Crippen LogP) is 1.93. The minimum atomic E-state index is 0.292. The van der Waals surface area contributed by atoms with Crippen molar-refractivity contribution in [3.8, 4) is 23.7 Å². The van der Waals surface area contributed by atoms with E-state index in [9.17, 15) is 0 Å². The predicted molar refractivity (Wildman–Crippen MR) is 50.8 cm³/mol. The van der Waals surface area contributed by atoms with Gasteiger partial charge in [-0.2, -0.15) is 6.92 Å². The summed E-state index contributed by atoms with van der Waals surface area (Å²) in [5.74, 6) is 10.7. The van der Waals surface area contributed by atoms with Gasteiger partial charge in [0.1, 0.15) is 12.4 Å². The first-order valence-electron chi connectivity index (χ1n) is 3.41. The highest BCUT2D eigenvalue weighted by atomic mass is 16.5. The lowest BCUT2D eigenvalue weighted by Gasteiger charge is -2.03. The number of ether oxygens (including phenoxy) is 1. The van der Waals surface area contributed by atoms with E-state index in [2.05, 4.69) is 43.8 Å². The third kappa shape index (κ3) is 5.09. The van der Waals surface area contributed by atoms with Crippen LogP contribution in [0.3, 0.4) is 0 Å². The normalized spacial score (nSPS) is 6.75. The summed E-state index contributed by atoms with van der Waals surface area (Å²) in [6.45, 7) is 12.7. The van der Waals surface area contributed by atoms with Crippen molar-refractivity contribution in [2.24, 2.45) is 0 Å². The van der Waals surface area contributed by atoms with Gasteiger partial charge in [0.2, 0.25) is 0 Å². The molecule has 0 aromatic heterocycles. The lowest BCUT2D eigenvalue weighted by Crippen LogP contribution is -1.91. The van der Waals surface area contributed by atoms with Crippen molar-refractivity contribution in [1.82, 2.24) is 0 Å². The van der Waals surface area contributed by atoms with Crippen molar-refractivity contribution in [1.29, 1.82) is 0 Å². The Bertz CT molecular complexity index is 288. The molecule has 0 N–H and O–H groups in total. The largest absolute Gasteiger partial charge is 0.481 e. The summed E-state index contributed by atoms with van der Waals surface area (Å²) < 4.78 is 5.09. The number of hydrogen-bond donors (Lipinski definition) is 0. The molecule has 0 aliphatic heterocycles. The van der Waals surface area contributed by atoms with Gasteiger partial charge >= 0.3 is 0 Å². The summed E-state index contributed by atoms with van der Waals surface area (Å²) in [4.78, 5) is 0. The summed E-state index contributed by atoms with van der Waals surface area (Å²) in [6.07, 6.45) is 0. The van der Waals surface area contributed by atoms with Crippen LogP contribution >= 0.6 is 0 Å². The van der Waals surface area contributed by atoms with Crippen molar-refractivity contribution in [2.45, 2.75) is 6.92 Å². The lowest BCUT2D eigenvalue weighted by molar-refractivity contribution is 0.264. The zero-order valence-electron chi connectivity index (χ0n) is 7.24. The molecule has 1 nitrogen and oxygen atoms in total. The Morgan fingerprint density at radius 1 is 1.42 bits per heavy atom. The van der Waals surface area contributed by atoms with Crippen LogP contribution in [0.2, 0.25) is 0 Å². The molecule has 0 aliphatic carbocycles. The van der Waals surface area contributed by atoms with Gasteiger partial charge in [-0.25, -0.2) is 5.92 Å². The van der Waals surface area contributed by atoms with Crippen molar-refractivity contribution in [3.05, 3.63) is 31.4 Å². The van der Waals surface area contributed by atoms with Crippen LogP contribution in [-0.4, -0.2) is 6.61 Å². The first-order valence-corrected chi connectivity index (χ1v) is 3.41. The molecule has 0 spiro atoms. The second kappa shape index (κ2) is 6.01. The highest BCUT2D eigenvalue weighted by Crippen LogP contribution is 2.03. The molecule has 0 saturated carbocycles. The van der Waals surface area contributed by atoms with E-state index >= 15 is 0 Å². The van der Waals surface area contributed by atoms with Gasteiger partial charge < -0.3 is 4.74 Å². The van der Waals surface area contributed by atoms with Gasteiger partial charge in [0, 0.05) is 0 Å². The van der Waals surface area contributed by atoms with Crippen LogP contribution in [0.15, 0.2) is 24.5 Å². The van der Waals surface area contributed by atoms with E-state index in [0.29, 0.717) is 12.4 Å². The maximum absolute atomic E-state index is 5.09. The summed E-state index contributed by atoms with van der Waals surface area (Å²) in [5.41, 5.74) is 0.806. The SMILES string of the molecule is C=C(C)C(=C)OCC#CC#C[CH2-]. The standard InChI is InChI=1S/C11H11O/c1-5-6-7-8-9-12-11(4)10(2)3/h1-2,4,9H2,3H3/q-1. The monoisotopic (exact) mass is 159 g/mol. The highest BCUT2D eigenvalue weighted by Gasteiger charge is 1.90. The highest BCUT2D eigenvalue weighted by molar-refractivity contribution is 5.27. The second-order valence-electron chi connectivity index (χ2n) is 2.10.